The summed E-state index contributed by atoms with van der Waals surface area (Å²) >= 11 is 1.36. The first kappa shape index (κ1) is 20.3. The minimum absolute atomic E-state index is 0.0771. The van der Waals surface area contributed by atoms with E-state index in [-0.39, 0.29) is 11.2 Å². The van der Waals surface area contributed by atoms with Gasteiger partial charge in [-0.05, 0) is 48.8 Å². The Morgan fingerprint density at radius 3 is 2.61 bits per heavy atom. The van der Waals surface area contributed by atoms with Crippen LogP contribution in [0.15, 0.2) is 39.3 Å². The van der Waals surface area contributed by atoms with Crippen LogP contribution in [0.1, 0.15) is 52.0 Å². The summed E-state index contributed by atoms with van der Waals surface area (Å²) in [6.07, 6.45) is 1.22. The molecule has 0 bridgehead atoms. The first-order valence-corrected chi connectivity index (χ1v) is 10.4. The first-order chi connectivity index (χ1) is 13.3. The summed E-state index contributed by atoms with van der Waals surface area (Å²) in [6, 6.07) is 7.81. The second-order valence-electron chi connectivity index (χ2n) is 7.77. The highest BCUT2D eigenvalue weighted by Crippen LogP contribution is 2.54. The highest BCUT2D eigenvalue weighted by Gasteiger charge is 2.42. The highest BCUT2D eigenvalue weighted by atomic mass is 32.2. The van der Waals surface area contributed by atoms with Gasteiger partial charge in [-0.25, -0.2) is 0 Å². The van der Waals surface area contributed by atoms with Crippen molar-refractivity contribution in [2.75, 3.05) is 13.2 Å². The molecule has 148 valence electrons. The number of allylic oxidation sites excluding steroid dienone is 3. The Labute approximate surface area is 170 Å². The van der Waals surface area contributed by atoms with E-state index in [4.69, 9.17) is 15.2 Å². The van der Waals surface area contributed by atoms with Gasteiger partial charge in [-0.15, -0.1) is 0 Å². The number of rotatable bonds is 5. The summed E-state index contributed by atoms with van der Waals surface area (Å²) in [5.41, 5.74) is 8.02. The zero-order chi connectivity index (χ0) is 20.5. The van der Waals surface area contributed by atoms with Crippen LogP contribution in [0.2, 0.25) is 0 Å². The maximum atomic E-state index is 13.2. The van der Waals surface area contributed by atoms with E-state index >= 15 is 0 Å². The second-order valence-corrected chi connectivity index (χ2v) is 8.91. The molecule has 0 saturated carbocycles. The lowest BCUT2D eigenvalue weighted by Gasteiger charge is -2.37. The smallest absolute Gasteiger partial charge is 0.161 e. The molecule has 0 spiro atoms. The number of carbonyl (C=O) groups is 1. The molecule has 0 fully saturated rings. The second kappa shape index (κ2) is 7.92. The largest absolute Gasteiger partial charge is 0.494 e. The molecule has 0 aromatic heterocycles. The standard InChI is InChI=1S/C22H26N2O3S/c1-5-26-13-7-8-17(27-6-2)14(9-13)19-15(12-23)21(24)28-18-11-22(3,4)10-16(25)20(18)19/h7-9,19H,5-6,10-11,24H2,1-4H3. The van der Waals surface area contributed by atoms with E-state index in [1.54, 1.807) is 0 Å². The normalized spacial score (nSPS) is 21.2. The van der Waals surface area contributed by atoms with Gasteiger partial charge in [0.05, 0.1) is 35.8 Å². The van der Waals surface area contributed by atoms with Gasteiger partial charge in [-0.1, -0.05) is 25.6 Å². The maximum absolute atomic E-state index is 13.2. The molecule has 1 atom stereocenters. The van der Waals surface area contributed by atoms with Crippen molar-refractivity contribution in [2.24, 2.45) is 11.1 Å². The molecule has 1 unspecified atom stereocenters. The fourth-order valence-corrected chi connectivity index (χ4v) is 5.23. The predicted molar refractivity (Wildman–Crippen MR) is 111 cm³/mol. The molecule has 2 aliphatic rings. The number of ether oxygens (including phenoxy) is 2. The molecule has 1 aromatic rings. The maximum Gasteiger partial charge on any atom is 0.161 e. The van der Waals surface area contributed by atoms with Crippen molar-refractivity contribution in [3.05, 3.63) is 44.8 Å². The molecule has 6 heteroatoms. The number of hydrogen-bond acceptors (Lipinski definition) is 6. The fourth-order valence-electron chi connectivity index (χ4n) is 3.89. The van der Waals surface area contributed by atoms with E-state index in [0.29, 0.717) is 47.3 Å². The summed E-state index contributed by atoms with van der Waals surface area (Å²) in [4.78, 5) is 14.1. The van der Waals surface area contributed by atoms with Crippen LogP contribution in [0.3, 0.4) is 0 Å². The van der Waals surface area contributed by atoms with Gasteiger partial charge >= 0.3 is 0 Å². The van der Waals surface area contributed by atoms with Crippen molar-refractivity contribution in [3.63, 3.8) is 0 Å². The van der Waals surface area contributed by atoms with Crippen molar-refractivity contribution in [1.82, 2.24) is 0 Å². The molecular formula is C22H26N2O3S. The molecule has 2 N–H and O–H groups in total. The lowest BCUT2D eigenvalue weighted by Crippen LogP contribution is -2.31. The summed E-state index contributed by atoms with van der Waals surface area (Å²) in [7, 11) is 0. The SMILES string of the molecule is CCOc1ccc(OCC)c(C2C(C#N)=C(N)SC3=C2C(=O)CC(C)(C)C3)c1. The van der Waals surface area contributed by atoms with Crippen molar-refractivity contribution >= 4 is 17.5 Å². The quantitative estimate of drug-likeness (QED) is 0.777. The average molecular weight is 399 g/mol. The van der Waals surface area contributed by atoms with Crippen molar-refractivity contribution < 1.29 is 14.3 Å². The zero-order valence-corrected chi connectivity index (χ0v) is 17.6. The van der Waals surface area contributed by atoms with Crippen molar-refractivity contribution in [3.8, 4) is 17.6 Å². The Morgan fingerprint density at radius 1 is 1.25 bits per heavy atom. The van der Waals surface area contributed by atoms with Crippen LogP contribution in [0.25, 0.3) is 0 Å². The minimum Gasteiger partial charge on any atom is -0.494 e. The topological polar surface area (TPSA) is 85.3 Å². The van der Waals surface area contributed by atoms with Gasteiger partial charge in [0, 0.05) is 17.6 Å². The molecule has 1 aliphatic carbocycles. The van der Waals surface area contributed by atoms with Gasteiger partial charge in [0.2, 0.25) is 0 Å². The lowest BCUT2D eigenvalue weighted by molar-refractivity contribution is -0.118. The number of hydrogen-bond donors (Lipinski definition) is 1. The van der Waals surface area contributed by atoms with Crippen LogP contribution in [-0.2, 0) is 4.79 Å². The highest BCUT2D eigenvalue weighted by molar-refractivity contribution is 8.06. The van der Waals surface area contributed by atoms with Crippen LogP contribution in [0, 0.1) is 16.7 Å². The summed E-state index contributed by atoms with van der Waals surface area (Å²) in [6.45, 7) is 9.01. The molecule has 0 radical (unpaired) electrons. The predicted octanol–water partition coefficient (Wildman–Crippen LogP) is 4.65. The van der Waals surface area contributed by atoms with E-state index in [1.807, 2.05) is 32.0 Å². The molecule has 0 amide bonds. The number of nitriles is 1. The van der Waals surface area contributed by atoms with E-state index in [0.717, 1.165) is 16.9 Å². The van der Waals surface area contributed by atoms with E-state index in [1.165, 1.54) is 11.8 Å². The number of carbonyl (C=O) groups excluding carboxylic acids is 1. The lowest BCUT2D eigenvalue weighted by atomic mass is 9.71. The van der Waals surface area contributed by atoms with Crippen LogP contribution < -0.4 is 15.2 Å². The van der Waals surface area contributed by atoms with Crippen LogP contribution in [-0.4, -0.2) is 19.0 Å². The molecule has 3 rings (SSSR count). The van der Waals surface area contributed by atoms with Gasteiger partial charge in [0.25, 0.3) is 0 Å². The molecule has 28 heavy (non-hydrogen) atoms. The number of nitrogens with zero attached hydrogens (tertiary/aromatic N) is 1. The molecule has 1 aromatic carbocycles. The van der Waals surface area contributed by atoms with E-state index in [9.17, 15) is 10.1 Å². The third kappa shape index (κ3) is 3.77. The van der Waals surface area contributed by atoms with E-state index < -0.39 is 5.92 Å². The van der Waals surface area contributed by atoms with Crippen LogP contribution >= 0.6 is 11.8 Å². The van der Waals surface area contributed by atoms with Gasteiger partial charge in [0.1, 0.15) is 11.5 Å². The van der Waals surface area contributed by atoms with Crippen LogP contribution in [0.5, 0.6) is 11.5 Å². The number of benzene rings is 1. The van der Waals surface area contributed by atoms with Gasteiger partial charge in [-0.2, -0.15) is 5.26 Å². The third-order valence-electron chi connectivity index (χ3n) is 4.98. The molecule has 5 nitrogen and oxygen atoms in total. The summed E-state index contributed by atoms with van der Waals surface area (Å²) in [5, 5.41) is 10.3. The Hall–Kier alpha value is -2.39. The number of thioether (sulfide) groups is 1. The Morgan fingerprint density at radius 2 is 1.96 bits per heavy atom. The van der Waals surface area contributed by atoms with Crippen LogP contribution in [0.4, 0.5) is 0 Å². The average Bonchev–Trinajstić information content (AvgIpc) is 2.61. The number of Topliss-reactive ketones (excluding diaryl/α,β-unsaturated/α-hetero) is 1. The summed E-state index contributed by atoms with van der Waals surface area (Å²) in [5.74, 6) is 0.883. The van der Waals surface area contributed by atoms with Gasteiger partial charge in [0.15, 0.2) is 5.78 Å². The molecular weight excluding hydrogens is 372 g/mol. The number of nitrogens with two attached hydrogens (primary N) is 1. The third-order valence-corrected chi connectivity index (χ3v) is 6.03. The summed E-state index contributed by atoms with van der Waals surface area (Å²) < 4.78 is 11.5. The number of ketones is 1. The Kier molecular flexibility index (Phi) is 5.76. The first-order valence-electron chi connectivity index (χ1n) is 9.54. The Bertz CT molecular complexity index is 909. The molecule has 1 aliphatic heterocycles. The minimum atomic E-state index is -0.521. The zero-order valence-electron chi connectivity index (χ0n) is 16.8. The van der Waals surface area contributed by atoms with Crippen molar-refractivity contribution in [1.29, 1.82) is 5.26 Å². The monoisotopic (exact) mass is 398 g/mol. The van der Waals surface area contributed by atoms with Crippen molar-refractivity contribution in [2.45, 2.75) is 46.5 Å². The van der Waals surface area contributed by atoms with E-state index in [2.05, 4.69) is 19.9 Å². The Balaban J connectivity index is 2.23. The molecule has 1 heterocycles. The fraction of sp³-hybridized carbons (Fsp3) is 0.455. The van der Waals surface area contributed by atoms with Gasteiger partial charge in [-0.3, -0.25) is 4.79 Å². The molecule has 0 saturated heterocycles. The van der Waals surface area contributed by atoms with Gasteiger partial charge < -0.3 is 15.2 Å².